The number of nitrogens with one attached hydrogen (secondary N) is 2. The summed E-state index contributed by atoms with van der Waals surface area (Å²) in [5, 5.41) is 10.2. The summed E-state index contributed by atoms with van der Waals surface area (Å²) >= 11 is 9.56. The van der Waals surface area contributed by atoms with Gasteiger partial charge >= 0.3 is 0 Å². The van der Waals surface area contributed by atoms with Gasteiger partial charge in [0, 0.05) is 16.1 Å². The molecule has 112 valence electrons. The monoisotopic (exact) mass is 370 g/mol. The van der Waals surface area contributed by atoms with Gasteiger partial charge in [-0.1, -0.05) is 40.9 Å². The molecule has 4 N–H and O–H groups in total. The molecule has 2 rings (SSSR count). The number of halogens is 2. The smallest absolute Gasteiger partial charge is 0.242 e. The minimum atomic E-state index is -0.524. The summed E-state index contributed by atoms with van der Waals surface area (Å²) in [6, 6.07) is 6.73. The third kappa shape index (κ3) is 4.06. The van der Waals surface area contributed by atoms with Crippen LogP contribution in [0.2, 0.25) is 5.02 Å². The van der Waals surface area contributed by atoms with Gasteiger partial charge in [-0.2, -0.15) is 5.10 Å². The molecule has 0 fully saturated rings. The van der Waals surface area contributed by atoms with Gasteiger partial charge in [0.15, 0.2) is 5.82 Å². The average molecular weight is 372 g/mol. The number of nitrogens with zero attached hydrogens (tertiary/aromatic N) is 1. The van der Waals surface area contributed by atoms with Gasteiger partial charge < -0.3 is 11.1 Å². The van der Waals surface area contributed by atoms with Crippen molar-refractivity contribution in [2.24, 2.45) is 5.73 Å². The molecule has 21 heavy (non-hydrogen) atoms. The number of carbonyl (C=O) groups excluding carboxylic acids is 1. The number of carbonyl (C=O) groups is 1. The first-order chi connectivity index (χ1) is 10.0. The van der Waals surface area contributed by atoms with Crippen LogP contribution >= 0.6 is 27.5 Å². The molecule has 0 saturated carbocycles. The van der Waals surface area contributed by atoms with Crippen LogP contribution in [0, 0.1) is 0 Å². The molecule has 0 bridgehead atoms. The molecule has 1 aromatic heterocycles. The fourth-order valence-corrected chi connectivity index (χ4v) is 2.47. The summed E-state index contributed by atoms with van der Waals surface area (Å²) in [5.74, 6) is 0.188. The van der Waals surface area contributed by atoms with Crippen LogP contribution in [-0.4, -0.2) is 22.1 Å². The minimum Gasteiger partial charge on any atom is -0.320 e. The number of anilines is 1. The summed E-state index contributed by atoms with van der Waals surface area (Å²) in [6.07, 6.45) is 1.49. The first-order valence-corrected chi connectivity index (χ1v) is 7.75. The number of aromatic nitrogens is 2. The molecule has 0 spiro atoms. The highest BCUT2D eigenvalue weighted by molar-refractivity contribution is 9.10. The molecule has 0 radical (unpaired) electrons. The van der Waals surface area contributed by atoms with Crippen molar-refractivity contribution in [3.8, 4) is 11.3 Å². The Bertz CT molecular complexity index is 644. The number of amides is 1. The Morgan fingerprint density at radius 3 is 3.00 bits per heavy atom. The maximum Gasteiger partial charge on any atom is 0.242 e. The number of nitrogens with two attached hydrogens (primary N) is 1. The van der Waals surface area contributed by atoms with Crippen molar-refractivity contribution in [1.82, 2.24) is 10.2 Å². The standard InChI is InChI=1S/C14H16BrClN4O/c1-2-3-11(17)14(21)18-13-7-12(19-20-13)9-6-8(15)4-5-10(9)16/h4-7,11H,2-3,17H2,1H3,(H2,18,19,20,21). The van der Waals surface area contributed by atoms with Crippen molar-refractivity contribution < 1.29 is 4.79 Å². The quantitative estimate of drug-likeness (QED) is 0.751. The van der Waals surface area contributed by atoms with E-state index < -0.39 is 6.04 Å². The predicted octanol–water partition coefficient (Wildman–Crippen LogP) is 3.56. The number of rotatable bonds is 5. The Labute approximate surface area is 136 Å². The third-order valence-electron chi connectivity index (χ3n) is 2.98. The molecule has 1 heterocycles. The predicted molar refractivity (Wildman–Crippen MR) is 88.2 cm³/mol. The zero-order valence-corrected chi connectivity index (χ0v) is 13.8. The number of hydrogen-bond acceptors (Lipinski definition) is 3. The van der Waals surface area contributed by atoms with Crippen LogP contribution < -0.4 is 11.1 Å². The minimum absolute atomic E-state index is 0.241. The van der Waals surface area contributed by atoms with Crippen LogP contribution in [0.1, 0.15) is 19.8 Å². The Balaban J connectivity index is 2.15. The molecule has 0 saturated heterocycles. The summed E-state index contributed by atoms with van der Waals surface area (Å²) in [5.41, 5.74) is 7.29. The Kier molecular flexibility index (Phi) is 5.39. The molecule has 2 aromatic rings. The molecule has 0 aliphatic carbocycles. The van der Waals surface area contributed by atoms with Gasteiger partial charge in [0.2, 0.25) is 5.91 Å². The van der Waals surface area contributed by atoms with E-state index in [1.807, 2.05) is 19.1 Å². The van der Waals surface area contributed by atoms with Crippen molar-refractivity contribution >= 4 is 39.3 Å². The summed E-state index contributed by atoms with van der Waals surface area (Å²) in [6.45, 7) is 1.98. The molecular formula is C14H16BrClN4O. The highest BCUT2D eigenvalue weighted by atomic mass is 79.9. The van der Waals surface area contributed by atoms with Gasteiger partial charge in [0.05, 0.1) is 16.8 Å². The van der Waals surface area contributed by atoms with E-state index in [9.17, 15) is 4.79 Å². The summed E-state index contributed by atoms with van der Waals surface area (Å²) in [4.78, 5) is 11.8. The van der Waals surface area contributed by atoms with Crippen LogP contribution in [0.4, 0.5) is 5.82 Å². The highest BCUT2D eigenvalue weighted by Crippen LogP contribution is 2.30. The zero-order valence-electron chi connectivity index (χ0n) is 11.5. The van der Waals surface area contributed by atoms with Crippen LogP contribution in [0.5, 0.6) is 0 Å². The van der Waals surface area contributed by atoms with Gasteiger partial charge in [-0.25, -0.2) is 0 Å². The maximum absolute atomic E-state index is 11.8. The van der Waals surface area contributed by atoms with Crippen LogP contribution in [-0.2, 0) is 4.79 Å². The summed E-state index contributed by atoms with van der Waals surface area (Å²) in [7, 11) is 0. The van der Waals surface area contributed by atoms with Gasteiger partial charge in [-0.05, 0) is 24.6 Å². The topological polar surface area (TPSA) is 83.8 Å². The SMILES string of the molecule is CCCC(N)C(=O)Nc1cc(-c2cc(Br)ccc2Cl)[nH]n1. The van der Waals surface area contributed by atoms with E-state index in [0.717, 1.165) is 22.2 Å². The van der Waals surface area contributed by atoms with E-state index in [1.54, 1.807) is 12.1 Å². The molecule has 1 aromatic carbocycles. The number of aromatic amines is 1. The lowest BCUT2D eigenvalue weighted by Gasteiger charge is -2.08. The Hall–Kier alpha value is -1.37. The third-order valence-corrected chi connectivity index (χ3v) is 3.81. The largest absolute Gasteiger partial charge is 0.320 e. The van der Waals surface area contributed by atoms with E-state index in [4.69, 9.17) is 17.3 Å². The van der Waals surface area contributed by atoms with Crippen LogP contribution in [0.15, 0.2) is 28.7 Å². The molecule has 0 aliphatic heterocycles. The van der Waals surface area contributed by atoms with Crippen LogP contribution in [0.3, 0.4) is 0 Å². The zero-order chi connectivity index (χ0) is 15.4. The second-order valence-electron chi connectivity index (χ2n) is 4.68. The average Bonchev–Trinajstić information content (AvgIpc) is 2.90. The molecule has 1 atom stereocenters. The Morgan fingerprint density at radius 2 is 2.29 bits per heavy atom. The van der Waals surface area contributed by atoms with Crippen LogP contribution in [0.25, 0.3) is 11.3 Å². The van der Waals surface area contributed by atoms with E-state index in [1.165, 1.54) is 0 Å². The molecule has 1 amide bonds. The molecular weight excluding hydrogens is 356 g/mol. The molecule has 7 heteroatoms. The van der Waals surface area contributed by atoms with Gasteiger partial charge in [0.25, 0.3) is 0 Å². The van der Waals surface area contributed by atoms with E-state index >= 15 is 0 Å². The van der Waals surface area contributed by atoms with Crippen molar-refractivity contribution in [3.05, 3.63) is 33.8 Å². The van der Waals surface area contributed by atoms with Crippen molar-refractivity contribution in [1.29, 1.82) is 0 Å². The highest BCUT2D eigenvalue weighted by Gasteiger charge is 2.15. The molecule has 0 aliphatic rings. The fraction of sp³-hybridized carbons (Fsp3) is 0.286. The molecule has 5 nitrogen and oxygen atoms in total. The number of benzene rings is 1. The molecule has 1 unspecified atom stereocenters. The first-order valence-electron chi connectivity index (χ1n) is 6.58. The van der Waals surface area contributed by atoms with Crippen molar-refractivity contribution in [2.75, 3.05) is 5.32 Å². The maximum atomic E-state index is 11.8. The number of hydrogen-bond donors (Lipinski definition) is 3. The normalized spacial score (nSPS) is 12.2. The first kappa shape index (κ1) is 16.0. The van der Waals surface area contributed by atoms with Crippen molar-refractivity contribution in [3.63, 3.8) is 0 Å². The lowest BCUT2D eigenvalue weighted by atomic mass is 10.1. The van der Waals surface area contributed by atoms with Gasteiger partial charge in [-0.3, -0.25) is 9.89 Å². The fourth-order valence-electron chi connectivity index (χ4n) is 1.89. The second-order valence-corrected chi connectivity index (χ2v) is 6.00. The van der Waals surface area contributed by atoms with Gasteiger partial charge in [0.1, 0.15) is 0 Å². The summed E-state index contributed by atoms with van der Waals surface area (Å²) < 4.78 is 0.909. The Morgan fingerprint density at radius 1 is 1.52 bits per heavy atom. The van der Waals surface area contributed by atoms with Gasteiger partial charge in [-0.15, -0.1) is 0 Å². The lowest BCUT2D eigenvalue weighted by molar-refractivity contribution is -0.117. The van der Waals surface area contributed by atoms with E-state index in [-0.39, 0.29) is 5.91 Å². The number of H-pyrrole nitrogens is 1. The van der Waals surface area contributed by atoms with E-state index in [0.29, 0.717) is 17.3 Å². The van der Waals surface area contributed by atoms with Crippen molar-refractivity contribution in [2.45, 2.75) is 25.8 Å². The lowest BCUT2D eigenvalue weighted by Crippen LogP contribution is -2.35. The van der Waals surface area contributed by atoms with E-state index in [2.05, 4.69) is 31.4 Å². The second kappa shape index (κ2) is 7.06.